The molecule has 6 nitrogen and oxygen atoms in total. The minimum Gasteiger partial charge on any atom is -0.453 e. The molecule has 0 saturated carbocycles. The third-order valence-electron chi connectivity index (χ3n) is 11.1. The molecule has 280 valence electrons. The summed E-state index contributed by atoms with van der Waals surface area (Å²) in [7, 11) is 0. The molecular weight excluding hydrogens is 725 g/mol. The number of nitrogens with zero attached hydrogens (tertiary/aromatic N) is 4. The van der Waals surface area contributed by atoms with Gasteiger partial charge in [0.1, 0.15) is 5.69 Å². The summed E-state index contributed by atoms with van der Waals surface area (Å²) in [6, 6.07) is 56.9. The van der Waals surface area contributed by atoms with Crippen LogP contribution in [0, 0.1) is 0 Å². The molecule has 0 unspecified atom stereocenters. The van der Waals surface area contributed by atoms with E-state index in [1.54, 1.807) is 6.08 Å². The van der Waals surface area contributed by atoms with Crippen LogP contribution in [-0.4, -0.2) is 14.5 Å². The lowest BCUT2D eigenvalue weighted by Gasteiger charge is -2.38. The van der Waals surface area contributed by atoms with E-state index < -0.39 is 0 Å². The molecule has 7 aromatic carbocycles. The number of hydrogen-bond donors (Lipinski definition) is 0. The van der Waals surface area contributed by atoms with Crippen LogP contribution in [0.4, 0.5) is 17.1 Å². The fourth-order valence-electron chi connectivity index (χ4n) is 8.38. The maximum Gasteiger partial charge on any atom is 0.160 e. The summed E-state index contributed by atoms with van der Waals surface area (Å²) in [5, 5.41) is 2.31. The number of benzene rings is 7. The zero-order chi connectivity index (χ0) is 39.5. The van der Waals surface area contributed by atoms with Gasteiger partial charge in [0, 0.05) is 33.2 Å². The van der Waals surface area contributed by atoms with Crippen LogP contribution in [0.1, 0.15) is 12.7 Å². The Kier molecular flexibility index (Phi) is 8.08. The van der Waals surface area contributed by atoms with Crippen molar-refractivity contribution in [3.63, 3.8) is 0 Å². The van der Waals surface area contributed by atoms with Gasteiger partial charge < -0.3 is 14.0 Å². The Hall–Kier alpha value is -7.96. The Morgan fingerprint density at radius 1 is 0.542 bits per heavy atom. The molecule has 11 rings (SSSR count). The number of aromatic nitrogens is 3. The molecule has 0 fully saturated rings. The predicted octanol–water partition coefficient (Wildman–Crippen LogP) is 14.4. The van der Waals surface area contributed by atoms with Gasteiger partial charge in [-0.3, -0.25) is 4.90 Å². The van der Waals surface area contributed by atoms with Crippen molar-refractivity contribution < 1.29 is 9.47 Å². The summed E-state index contributed by atoms with van der Waals surface area (Å²) in [5.41, 5.74) is 12.9. The van der Waals surface area contributed by atoms with Crippen molar-refractivity contribution in [3.05, 3.63) is 200 Å². The molecule has 0 bridgehead atoms. The second-order valence-corrected chi connectivity index (χ2v) is 14.6. The Morgan fingerprint density at radius 2 is 1.19 bits per heavy atom. The van der Waals surface area contributed by atoms with Gasteiger partial charge in [0.05, 0.1) is 33.8 Å². The monoisotopic (exact) mass is 760 g/mol. The molecule has 0 saturated heterocycles. The second kappa shape index (κ2) is 13.9. The second-order valence-electron chi connectivity index (χ2n) is 14.6. The van der Waals surface area contributed by atoms with E-state index in [2.05, 4.69) is 125 Å². The molecule has 2 aliphatic rings. The number of anilines is 3. The molecule has 0 radical (unpaired) electrons. The van der Waals surface area contributed by atoms with E-state index in [0.717, 1.165) is 107 Å². The Morgan fingerprint density at radius 3 is 1.92 bits per heavy atom. The zero-order valence-corrected chi connectivity index (χ0v) is 32.2. The van der Waals surface area contributed by atoms with Crippen LogP contribution in [0.2, 0.25) is 0 Å². The molecule has 9 aromatic rings. The third kappa shape index (κ3) is 5.72. The first-order valence-corrected chi connectivity index (χ1v) is 19.7. The van der Waals surface area contributed by atoms with Gasteiger partial charge in [-0.15, -0.1) is 0 Å². The highest BCUT2D eigenvalue weighted by atomic mass is 16.5. The van der Waals surface area contributed by atoms with E-state index in [9.17, 15) is 0 Å². The Bertz CT molecular complexity index is 3140. The molecule has 4 heterocycles. The van der Waals surface area contributed by atoms with E-state index >= 15 is 0 Å². The number of para-hydroxylation sites is 5. The highest BCUT2D eigenvalue weighted by Gasteiger charge is 2.35. The van der Waals surface area contributed by atoms with Crippen molar-refractivity contribution in [2.75, 3.05) is 4.90 Å². The first-order chi connectivity index (χ1) is 29.1. The first kappa shape index (κ1) is 34.3. The van der Waals surface area contributed by atoms with Crippen molar-refractivity contribution in [3.8, 4) is 62.3 Å². The van der Waals surface area contributed by atoms with Crippen LogP contribution in [0.5, 0.6) is 23.0 Å². The molecule has 0 amide bonds. The fourth-order valence-corrected chi connectivity index (χ4v) is 8.38. The van der Waals surface area contributed by atoms with Crippen LogP contribution >= 0.6 is 0 Å². The maximum absolute atomic E-state index is 6.60. The van der Waals surface area contributed by atoms with Crippen molar-refractivity contribution in [1.29, 1.82) is 0 Å². The smallest absolute Gasteiger partial charge is 0.160 e. The summed E-state index contributed by atoms with van der Waals surface area (Å²) < 4.78 is 15.5. The highest BCUT2D eigenvalue weighted by molar-refractivity contribution is 6.10. The maximum atomic E-state index is 6.60. The molecule has 0 N–H and O–H groups in total. The van der Waals surface area contributed by atoms with Gasteiger partial charge in [-0.1, -0.05) is 122 Å². The summed E-state index contributed by atoms with van der Waals surface area (Å²) in [6.07, 6.45) is 7.71. The average molecular weight is 761 g/mol. The number of fused-ring (bicyclic) bond motifs is 7. The standard InChI is InChI=1S/C53H36N4O2/c1-3-5-16-34(4-2)53-54-42(35-17-7-6-8-18-35)33-43(55-53)37-19-15-20-39(29-37)56-44-22-10-9-21-40(44)41-30-36(27-28-45(41)56)38-31-50-52-51(32-38)59-49-26-14-12-24-47(49)57(52)46-23-11-13-25-48(46)58-50/h3-33H,1H2,2H3/b16-5-,34-4+. The topological polar surface area (TPSA) is 52.4 Å². The van der Waals surface area contributed by atoms with Gasteiger partial charge in [0.15, 0.2) is 28.8 Å². The van der Waals surface area contributed by atoms with Gasteiger partial charge in [0.2, 0.25) is 0 Å². The van der Waals surface area contributed by atoms with E-state index in [1.165, 1.54) is 0 Å². The van der Waals surface area contributed by atoms with Crippen molar-refractivity contribution in [1.82, 2.24) is 14.5 Å². The van der Waals surface area contributed by atoms with Crippen molar-refractivity contribution >= 4 is 44.4 Å². The van der Waals surface area contributed by atoms with Crippen molar-refractivity contribution in [2.24, 2.45) is 0 Å². The van der Waals surface area contributed by atoms with Gasteiger partial charge in [0.25, 0.3) is 0 Å². The number of rotatable bonds is 7. The van der Waals surface area contributed by atoms with Crippen molar-refractivity contribution in [2.45, 2.75) is 6.92 Å². The van der Waals surface area contributed by atoms with Gasteiger partial charge >= 0.3 is 0 Å². The van der Waals surface area contributed by atoms with E-state index in [4.69, 9.17) is 19.4 Å². The summed E-state index contributed by atoms with van der Waals surface area (Å²) >= 11 is 0. The largest absolute Gasteiger partial charge is 0.453 e. The molecule has 0 spiro atoms. The van der Waals surface area contributed by atoms with E-state index in [-0.39, 0.29) is 0 Å². The van der Waals surface area contributed by atoms with Crippen LogP contribution in [0.25, 0.3) is 66.7 Å². The minimum atomic E-state index is 0.657. The highest BCUT2D eigenvalue weighted by Crippen LogP contribution is 2.60. The SMILES string of the molecule is C=C/C=C\C(=C/C)c1nc(-c2ccccc2)cc(-c2cccc(-n3c4ccccc4c4cc(-c5cc6c7c(c5)Oc5ccccc5N7c5ccccc5O6)ccc43)c2)n1. The van der Waals surface area contributed by atoms with Crippen LogP contribution < -0.4 is 14.4 Å². The molecule has 0 aliphatic carbocycles. The number of allylic oxidation sites excluding steroid dienone is 5. The average Bonchev–Trinajstić information content (AvgIpc) is 3.63. The predicted molar refractivity (Wildman–Crippen MR) is 240 cm³/mol. The first-order valence-electron chi connectivity index (χ1n) is 19.7. The lowest BCUT2D eigenvalue weighted by molar-refractivity contribution is 0.446. The summed E-state index contributed by atoms with van der Waals surface area (Å²) in [6.45, 7) is 5.86. The summed E-state index contributed by atoms with van der Waals surface area (Å²) in [4.78, 5) is 12.4. The molecule has 2 aliphatic heterocycles. The molecule has 6 heteroatoms. The minimum absolute atomic E-state index is 0.657. The zero-order valence-electron chi connectivity index (χ0n) is 32.2. The molecular formula is C53H36N4O2. The molecule has 2 aromatic heterocycles. The fraction of sp³-hybridized carbons (Fsp3) is 0.0189. The Labute approximate surface area is 341 Å². The Balaban J connectivity index is 1.04. The van der Waals surface area contributed by atoms with Crippen LogP contribution in [-0.2, 0) is 0 Å². The number of hydrogen-bond acceptors (Lipinski definition) is 5. The number of ether oxygens (including phenoxy) is 2. The van der Waals surface area contributed by atoms with E-state index in [0.29, 0.717) is 5.82 Å². The van der Waals surface area contributed by atoms with Crippen LogP contribution in [0.3, 0.4) is 0 Å². The third-order valence-corrected chi connectivity index (χ3v) is 11.1. The molecule has 59 heavy (non-hydrogen) atoms. The molecule has 0 atom stereocenters. The quantitative estimate of drug-likeness (QED) is 0.151. The summed E-state index contributed by atoms with van der Waals surface area (Å²) in [5.74, 6) is 3.78. The van der Waals surface area contributed by atoms with E-state index in [1.807, 2.05) is 79.7 Å². The lowest BCUT2D eigenvalue weighted by Crippen LogP contribution is -2.20. The normalized spacial score (nSPS) is 12.8. The van der Waals surface area contributed by atoms with Gasteiger partial charge in [-0.2, -0.15) is 0 Å². The lowest BCUT2D eigenvalue weighted by atomic mass is 9.99. The van der Waals surface area contributed by atoms with Gasteiger partial charge in [-0.05, 0) is 90.8 Å². The van der Waals surface area contributed by atoms with Gasteiger partial charge in [-0.25, -0.2) is 9.97 Å². The van der Waals surface area contributed by atoms with Crippen LogP contribution in [0.15, 0.2) is 195 Å².